The topological polar surface area (TPSA) is 74.8 Å². The van der Waals surface area contributed by atoms with Gasteiger partial charge in [0.25, 0.3) is 5.91 Å². The number of carbonyl (C=O) groups excluding carboxylic acids is 2. The lowest BCUT2D eigenvalue weighted by atomic mass is 9.98. The number of piperidine rings is 1. The maximum atomic E-state index is 12.7. The molecular formula is C24H32N4O3. The van der Waals surface area contributed by atoms with Crippen molar-refractivity contribution in [3.8, 4) is 0 Å². The summed E-state index contributed by atoms with van der Waals surface area (Å²) in [5, 5.41) is 4.08. The highest BCUT2D eigenvalue weighted by Gasteiger charge is 2.31. The molecule has 1 aromatic carbocycles. The van der Waals surface area contributed by atoms with E-state index < -0.39 is 0 Å². The summed E-state index contributed by atoms with van der Waals surface area (Å²) in [6.07, 6.45) is 4.10. The van der Waals surface area contributed by atoms with Crippen molar-refractivity contribution >= 4 is 22.7 Å². The molecule has 2 aliphatic rings. The zero-order valence-electron chi connectivity index (χ0n) is 18.3. The Labute approximate surface area is 183 Å². The monoisotopic (exact) mass is 424 g/mol. The van der Waals surface area contributed by atoms with Gasteiger partial charge in [-0.05, 0) is 37.8 Å². The maximum absolute atomic E-state index is 12.7. The number of benzene rings is 1. The summed E-state index contributed by atoms with van der Waals surface area (Å²) in [6, 6.07) is 12.3. The zero-order valence-corrected chi connectivity index (χ0v) is 18.3. The number of ether oxygens (including phenoxy) is 1. The van der Waals surface area contributed by atoms with Crippen molar-refractivity contribution in [3.05, 3.63) is 42.1 Å². The van der Waals surface area contributed by atoms with Crippen molar-refractivity contribution in [2.24, 2.45) is 0 Å². The summed E-state index contributed by atoms with van der Waals surface area (Å²) in [7, 11) is 0. The van der Waals surface area contributed by atoms with Gasteiger partial charge in [-0.3, -0.25) is 14.5 Å². The number of para-hydroxylation sites is 1. The summed E-state index contributed by atoms with van der Waals surface area (Å²) in [6.45, 7) is 6.14. The van der Waals surface area contributed by atoms with Gasteiger partial charge in [-0.25, -0.2) is 4.98 Å². The molecule has 166 valence electrons. The summed E-state index contributed by atoms with van der Waals surface area (Å²) in [4.78, 5) is 33.6. The summed E-state index contributed by atoms with van der Waals surface area (Å²) >= 11 is 0. The van der Waals surface area contributed by atoms with Crippen LogP contribution in [0.4, 0.5) is 0 Å². The number of fused-ring (bicyclic) bond motifs is 1. The molecular weight excluding hydrogens is 392 g/mol. The third-order valence-corrected chi connectivity index (χ3v) is 6.46. The van der Waals surface area contributed by atoms with E-state index in [1.807, 2.05) is 35.2 Å². The van der Waals surface area contributed by atoms with E-state index in [9.17, 15) is 9.59 Å². The molecule has 1 atom stereocenters. The van der Waals surface area contributed by atoms with Gasteiger partial charge in [0.2, 0.25) is 5.91 Å². The van der Waals surface area contributed by atoms with Gasteiger partial charge in [0.1, 0.15) is 5.69 Å². The van der Waals surface area contributed by atoms with Crippen LogP contribution in [0.25, 0.3) is 10.9 Å². The second-order valence-corrected chi connectivity index (χ2v) is 8.49. The third kappa shape index (κ3) is 5.40. The number of hydrogen-bond acceptors (Lipinski definition) is 5. The van der Waals surface area contributed by atoms with Gasteiger partial charge < -0.3 is 15.0 Å². The van der Waals surface area contributed by atoms with Gasteiger partial charge in [0, 0.05) is 63.8 Å². The lowest BCUT2D eigenvalue weighted by molar-refractivity contribution is -0.131. The van der Waals surface area contributed by atoms with Crippen LogP contribution in [0.3, 0.4) is 0 Å². The van der Waals surface area contributed by atoms with Crippen molar-refractivity contribution in [1.29, 1.82) is 0 Å². The number of nitrogens with zero attached hydrogens (tertiary/aromatic N) is 3. The molecule has 1 unspecified atom stereocenters. The molecule has 2 fully saturated rings. The number of carbonyl (C=O) groups is 2. The molecule has 2 saturated heterocycles. The molecule has 0 saturated carbocycles. The van der Waals surface area contributed by atoms with E-state index in [1.165, 1.54) is 0 Å². The van der Waals surface area contributed by atoms with Crippen LogP contribution < -0.4 is 5.32 Å². The number of aromatic nitrogens is 1. The minimum atomic E-state index is -0.147. The number of pyridine rings is 1. The molecule has 2 amide bonds. The first kappa shape index (κ1) is 21.7. The Morgan fingerprint density at radius 2 is 1.94 bits per heavy atom. The molecule has 0 radical (unpaired) electrons. The third-order valence-electron chi connectivity index (χ3n) is 6.46. The van der Waals surface area contributed by atoms with Crippen LogP contribution in [-0.4, -0.2) is 78.1 Å². The molecule has 0 aliphatic carbocycles. The molecule has 31 heavy (non-hydrogen) atoms. The van der Waals surface area contributed by atoms with Gasteiger partial charge in [0.15, 0.2) is 0 Å². The summed E-state index contributed by atoms with van der Waals surface area (Å²) in [5.74, 6) is -0.000930. The normalized spacial score (nSPS) is 20.2. The number of amides is 2. The SMILES string of the molecule is CC(=O)N1CCCC(N(CCNC(=O)c2ccc3ccccc3n2)C2CCOCC2)C1. The van der Waals surface area contributed by atoms with Crippen LogP contribution in [0.1, 0.15) is 43.1 Å². The minimum Gasteiger partial charge on any atom is -0.381 e. The summed E-state index contributed by atoms with van der Waals surface area (Å²) in [5.41, 5.74) is 1.27. The predicted octanol–water partition coefficient (Wildman–Crippen LogP) is 2.46. The van der Waals surface area contributed by atoms with Gasteiger partial charge >= 0.3 is 0 Å². The highest BCUT2D eigenvalue weighted by molar-refractivity contribution is 5.94. The number of nitrogens with one attached hydrogen (secondary N) is 1. The molecule has 3 heterocycles. The molecule has 2 aromatic rings. The van der Waals surface area contributed by atoms with E-state index >= 15 is 0 Å². The molecule has 7 heteroatoms. The molecule has 1 aromatic heterocycles. The molecule has 2 aliphatic heterocycles. The number of hydrogen-bond donors (Lipinski definition) is 1. The first-order valence-electron chi connectivity index (χ1n) is 11.3. The van der Waals surface area contributed by atoms with Crippen LogP contribution in [0.5, 0.6) is 0 Å². The molecule has 0 spiro atoms. The van der Waals surface area contributed by atoms with E-state index in [2.05, 4.69) is 15.2 Å². The number of rotatable bonds is 6. The average molecular weight is 425 g/mol. The van der Waals surface area contributed by atoms with Crippen molar-refractivity contribution in [1.82, 2.24) is 20.1 Å². The van der Waals surface area contributed by atoms with Crippen molar-refractivity contribution in [3.63, 3.8) is 0 Å². The lowest BCUT2D eigenvalue weighted by Crippen LogP contribution is -2.55. The van der Waals surface area contributed by atoms with Crippen LogP contribution in [0.2, 0.25) is 0 Å². The average Bonchev–Trinajstić information content (AvgIpc) is 2.82. The summed E-state index contributed by atoms with van der Waals surface area (Å²) < 4.78 is 5.56. The van der Waals surface area contributed by atoms with Crippen molar-refractivity contribution in [2.75, 3.05) is 39.4 Å². The predicted molar refractivity (Wildman–Crippen MR) is 120 cm³/mol. The van der Waals surface area contributed by atoms with Crippen LogP contribution in [0.15, 0.2) is 36.4 Å². The Balaban J connectivity index is 1.39. The molecule has 4 rings (SSSR count). The quantitative estimate of drug-likeness (QED) is 0.771. The van der Waals surface area contributed by atoms with Gasteiger partial charge in [-0.15, -0.1) is 0 Å². The molecule has 0 bridgehead atoms. The standard InChI is InChI=1S/C24H32N4O3/c1-18(29)27-13-4-6-21(17-27)28(20-10-15-31-16-11-20)14-12-25-24(30)23-9-8-19-5-2-3-7-22(19)26-23/h2-3,5,7-9,20-21H,4,6,10-17H2,1H3,(H,25,30). The Bertz CT molecular complexity index is 913. The second kappa shape index (κ2) is 10.2. The van der Waals surface area contributed by atoms with Crippen LogP contribution >= 0.6 is 0 Å². The fourth-order valence-corrected chi connectivity index (χ4v) is 4.77. The Morgan fingerprint density at radius 3 is 2.74 bits per heavy atom. The highest BCUT2D eigenvalue weighted by Crippen LogP contribution is 2.23. The first-order valence-corrected chi connectivity index (χ1v) is 11.3. The van der Waals surface area contributed by atoms with E-state index in [0.29, 0.717) is 24.3 Å². The van der Waals surface area contributed by atoms with Gasteiger partial charge in [0.05, 0.1) is 5.52 Å². The fraction of sp³-hybridized carbons (Fsp3) is 0.542. The smallest absolute Gasteiger partial charge is 0.269 e. The molecule has 7 nitrogen and oxygen atoms in total. The second-order valence-electron chi connectivity index (χ2n) is 8.49. The fourth-order valence-electron chi connectivity index (χ4n) is 4.77. The Morgan fingerprint density at radius 1 is 1.13 bits per heavy atom. The van der Waals surface area contributed by atoms with Crippen LogP contribution in [0, 0.1) is 0 Å². The van der Waals surface area contributed by atoms with Crippen molar-refractivity contribution < 1.29 is 14.3 Å². The Hall–Kier alpha value is -2.51. The van der Waals surface area contributed by atoms with Crippen LogP contribution in [-0.2, 0) is 9.53 Å². The van der Waals surface area contributed by atoms with Gasteiger partial charge in [-0.2, -0.15) is 0 Å². The molecule has 1 N–H and O–H groups in total. The maximum Gasteiger partial charge on any atom is 0.269 e. The zero-order chi connectivity index (χ0) is 21.6. The first-order chi connectivity index (χ1) is 15.1. The van der Waals surface area contributed by atoms with E-state index in [1.54, 1.807) is 13.0 Å². The van der Waals surface area contributed by atoms with E-state index in [-0.39, 0.29) is 11.8 Å². The minimum absolute atomic E-state index is 0.146. The lowest BCUT2D eigenvalue weighted by Gasteiger charge is -2.44. The van der Waals surface area contributed by atoms with E-state index in [0.717, 1.165) is 69.4 Å². The highest BCUT2D eigenvalue weighted by atomic mass is 16.5. The van der Waals surface area contributed by atoms with E-state index in [4.69, 9.17) is 4.74 Å². The largest absolute Gasteiger partial charge is 0.381 e. The van der Waals surface area contributed by atoms with Crippen molar-refractivity contribution in [2.45, 2.75) is 44.7 Å². The van der Waals surface area contributed by atoms with Gasteiger partial charge in [-0.1, -0.05) is 24.3 Å². The number of likely N-dealkylation sites (tertiary alicyclic amines) is 1. The Kier molecular flexibility index (Phi) is 7.14.